The zero-order valence-electron chi connectivity index (χ0n) is 19.1. The SMILES string of the molecule is COc1cc([C@H]2[C@@H]3C(=O)N(c4ccc([N+](=O)[O-])cc4)C(=O)[C@H]3ON2c2ccc([N+](=O)[O-])cc2)ccc1O. The molecule has 188 valence electrons. The minimum atomic E-state index is -1.23. The van der Waals surface area contributed by atoms with Crippen molar-refractivity contribution in [3.05, 3.63) is 92.5 Å². The van der Waals surface area contributed by atoms with Crippen LogP contribution in [0.15, 0.2) is 66.7 Å². The average molecular weight is 506 g/mol. The van der Waals surface area contributed by atoms with Gasteiger partial charge in [0, 0.05) is 24.3 Å². The smallest absolute Gasteiger partial charge is 0.269 e. The summed E-state index contributed by atoms with van der Waals surface area (Å²) < 4.78 is 5.21. The molecule has 2 fully saturated rings. The lowest BCUT2D eigenvalue weighted by atomic mass is 9.90. The molecule has 0 aliphatic carbocycles. The molecule has 2 saturated heterocycles. The van der Waals surface area contributed by atoms with E-state index in [2.05, 4.69) is 0 Å². The number of carbonyl (C=O) groups excluding carboxylic acids is 2. The maximum Gasteiger partial charge on any atom is 0.269 e. The van der Waals surface area contributed by atoms with E-state index in [9.17, 15) is 34.9 Å². The fourth-order valence-corrected chi connectivity index (χ4v) is 4.55. The van der Waals surface area contributed by atoms with E-state index in [0.717, 1.165) is 4.90 Å². The lowest BCUT2D eigenvalue weighted by Gasteiger charge is -2.29. The molecule has 13 heteroatoms. The van der Waals surface area contributed by atoms with Crippen molar-refractivity contribution in [1.82, 2.24) is 0 Å². The summed E-state index contributed by atoms with van der Waals surface area (Å²) in [6, 6.07) is 14.0. The van der Waals surface area contributed by atoms with Crippen LogP contribution in [0.4, 0.5) is 22.7 Å². The van der Waals surface area contributed by atoms with Crippen LogP contribution in [-0.4, -0.2) is 40.0 Å². The van der Waals surface area contributed by atoms with Gasteiger partial charge in [-0.25, -0.2) is 9.96 Å². The van der Waals surface area contributed by atoms with Crippen LogP contribution in [0.1, 0.15) is 11.6 Å². The zero-order chi connectivity index (χ0) is 26.4. The van der Waals surface area contributed by atoms with E-state index in [0.29, 0.717) is 11.3 Å². The number of non-ortho nitro benzene ring substituents is 2. The van der Waals surface area contributed by atoms with Gasteiger partial charge in [-0.2, -0.15) is 0 Å². The molecule has 2 aliphatic heterocycles. The maximum atomic E-state index is 13.6. The number of rotatable bonds is 6. The van der Waals surface area contributed by atoms with Gasteiger partial charge >= 0.3 is 0 Å². The van der Waals surface area contributed by atoms with E-state index in [1.54, 1.807) is 6.07 Å². The molecule has 3 atom stereocenters. The first-order chi connectivity index (χ1) is 17.7. The Morgan fingerprint density at radius 2 is 1.43 bits per heavy atom. The highest BCUT2D eigenvalue weighted by atomic mass is 16.7. The zero-order valence-corrected chi connectivity index (χ0v) is 19.1. The summed E-state index contributed by atoms with van der Waals surface area (Å²) in [7, 11) is 1.36. The van der Waals surface area contributed by atoms with Gasteiger partial charge in [0.1, 0.15) is 5.92 Å². The Bertz CT molecular complexity index is 1430. The normalized spacial score (nSPS) is 20.7. The minimum Gasteiger partial charge on any atom is -0.504 e. The summed E-state index contributed by atoms with van der Waals surface area (Å²) >= 11 is 0. The number of hydrogen-bond acceptors (Lipinski definition) is 10. The molecule has 5 rings (SSSR count). The standard InChI is InChI=1S/C24H18N4O9/c1-36-19-12-13(2-11-18(19)29)21-20-22(37-26(21)15-5-9-17(10-6-15)28(34)35)24(31)25(23(20)30)14-3-7-16(8-4-14)27(32)33/h2-12,20-22,29H,1H3/t20-,21-,22-/m0/s1. The van der Waals surface area contributed by atoms with Crippen molar-refractivity contribution >= 4 is 34.6 Å². The molecule has 0 aromatic heterocycles. The van der Waals surface area contributed by atoms with Crippen LogP contribution < -0.4 is 14.7 Å². The molecule has 3 aromatic rings. The number of nitrogens with zero attached hydrogens (tertiary/aromatic N) is 4. The van der Waals surface area contributed by atoms with Gasteiger partial charge in [0.25, 0.3) is 17.3 Å². The van der Waals surface area contributed by atoms with Crippen molar-refractivity contribution in [3.63, 3.8) is 0 Å². The number of hydrogen-bond donors (Lipinski definition) is 1. The first kappa shape index (κ1) is 23.7. The highest BCUT2D eigenvalue weighted by Crippen LogP contribution is 2.48. The van der Waals surface area contributed by atoms with Gasteiger partial charge in [0.2, 0.25) is 5.91 Å². The molecule has 0 unspecified atom stereocenters. The first-order valence-corrected chi connectivity index (χ1v) is 10.9. The Kier molecular flexibility index (Phi) is 5.68. The number of ether oxygens (including phenoxy) is 1. The molecule has 1 N–H and O–H groups in total. The number of amides is 2. The van der Waals surface area contributed by atoms with Crippen LogP contribution in [0.3, 0.4) is 0 Å². The minimum absolute atomic E-state index is 0.133. The summed E-state index contributed by atoms with van der Waals surface area (Å²) in [6.07, 6.45) is -1.23. The molecular formula is C24H18N4O9. The monoisotopic (exact) mass is 506 g/mol. The molecule has 2 heterocycles. The van der Waals surface area contributed by atoms with Gasteiger partial charge in [-0.15, -0.1) is 0 Å². The number of hydroxylamine groups is 1. The van der Waals surface area contributed by atoms with Crippen molar-refractivity contribution in [2.75, 3.05) is 17.1 Å². The number of fused-ring (bicyclic) bond motifs is 1. The van der Waals surface area contributed by atoms with Crippen LogP contribution in [0.25, 0.3) is 0 Å². The first-order valence-electron chi connectivity index (χ1n) is 10.9. The Balaban J connectivity index is 1.57. The molecule has 0 radical (unpaired) electrons. The number of phenols is 1. The number of aromatic hydroxyl groups is 1. The maximum absolute atomic E-state index is 13.6. The average Bonchev–Trinajstić information content (AvgIpc) is 3.40. The van der Waals surface area contributed by atoms with Gasteiger partial charge in [0.15, 0.2) is 17.6 Å². The molecule has 37 heavy (non-hydrogen) atoms. The van der Waals surface area contributed by atoms with Crippen molar-refractivity contribution < 1.29 is 34.1 Å². The third kappa shape index (κ3) is 3.87. The summed E-state index contributed by atoms with van der Waals surface area (Å²) in [5, 5.41) is 33.5. The van der Waals surface area contributed by atoms with Crippen LogP contribution in [0, 0.1) is 26.1 Å². The van der Waals surface area contributed by atoms with Crippen LogP contribution in [0.2, 0.25) is 0 Å². The largest absolute Gasteiger partial charge is 0.504 e. The van der Waals surface area contributed by atoms with Crippen molar-refractivity contribution in [3.8, 4) is 11.5 Å². The fourth-order valence-electron chi connectivity index (χ4n) is 4.55. The predicted octanol–water partition coefficient (Wildman–Crippen LogP) is 3.27. The molecule has 2 aliphatic rings. The van der Waals surface area contributed by atoms with E-state index >= 15 is 0 Å². The summed E-state index contributed by atoms with van der Waals surface area (Å²) in [5.41, 5.74) is 0.648. The lowest BCUT2D eigenvalue weighted by Crippen LogP contribution is -2.37. The summed E-state index contributed by atoms with van der Waals surface area (Å²) in [6.45, 7) is 0. The van der Waals surface area contributed by atoms with E-state index in [1.165, 1.54) is 72.8 Å². The van der Waals surface area contributed by atoms with E-state index in [1.807, 2.05) is 0 Å². The van der Waals surface area contributed by atoms with Crippen molar-refractivity contribution in [2.45, 2.75) is 12.1 Å². The number of imide groups is 1. The Morgan fingerprint density at radius 1 is 0.865 bits per heavy atom. The number of benzene rings is 3. The topological polar surface area (TPSA) is 166 Å². The molecule has 2 amide bonds. The van der Waals surface area contributed by atoms with Crippen molar-refractivity contribution in [2.24, 2.45) is 5.92 Å². The van der Waals surface area contributed by atoms with E-state index < -0.39 is 39.7 Å². The highest BCUT2D eigenvalue weighted by molar-refractivity contribution is 6.24. The number of nitro groups is 2. The summed E-state index contributed by atoms with van der Waals surface area (Å²) in [5.74, 6) is -2.29. The molecule has 0 spiro atoms. The molecule has 13 nitrogen and oxygen atoms in total. The molecule has 0 bridgehead atoms. The third-order valence-corrected chi connectivity index (χ3v) is 6.29. The Hall–Kier alpha value is -5.04. The van der Waals surface area contributed by atoms with Gasteiger partial charge in [-0.05, 0) is 42.0 Å². The third-order valence-electron chi connectivity index (χ3n) is 6.29. The van der Waals surface area contributed by atoms with Crippen molar-refractivity contribution in [1.29, 1.82) is 0 Å². The van der Waals surface area contributed by atoms with Gasteiger partial charge in [-0.3, -0.25) is 34.7 Å². The number of phenolic OH excluding ortho intramolecular Hbond substituents is 1. The number of nitro benzene ring substituents is 2. The van der Waals surface area contributed by atoms with Crippen LogP contribution >= 0.6 is 0 Å². The predicted molar refractivity (Wildman–Crippen MR) is 127 cm³/mol. The quantitative estimate of drug-likeness (QED) is 0.298. The fraction of sp³-hybridized carbons (Fsp3) is 0.167. The second-order valence-electron chi connectivity index (χ2n) is 8.31. The number of carbonyl (C=O) groups is 2. The van der Waals surface area contributed by atoms with Crippen LogP contribution in [0.5, 0.6) is 11.5 Å². The second kappa shape index (κ2) is 8.87. The van der Waals surface area contributed by atoms with Gasteiger partial charge in [0.05, 0.1) is 34.4 Å². The second-order valence-corrected chi connectivity index (χ2v) is 8.31. The van der Waals surface area contributed by atoms with Gasteiger partial charge < -0.3 is 9.84 Å². The lowest BCUT2D eigenvalue weighted by molar-refractivity contribution is -0.385. The molecule has 3 aromatic carbocycles. The highest BCUT2D eigenvalue weighted by Gasteiger charge is 2.60. The number of anilines is 2. The van der Waals surface area contributed by atoms with Gasteiger partial charge in [-0.1, -0.05) is 6.07 Å². The van der Waals surface area contributed by atoms with E-state index in [-0.39, 0.29) is 28.6 Å². The summed E-state index contributed by atoms with van der Waals surface area (Å²) in [4.78, 5) is 54.8. The number of methoxy groups -OCH3 is 1. The Labute approximate surface area is 208 Å². The van der Waals surface area contributed by atoms with E-state index in [4.69, 9.17) is 9.57 Å². The Morgan fingerprint density at radius 3 is 1.97 bits per heavy atom. The molecular weight excluding hydrogens is 488 g/mol. The molecule has 0 saturated carbocycles. The van der Waals surface area contributed by atoms with Crippen LogP contribution in [-0.2, 0) is 14.4 Å².